The van der Waals surface area contributed by atoms with Crippen LogP contribution >= 0.6 is 34.5 Å². The Balaban J connectivity index is 2.15. The fourth-order valence-electron chi connectivity index (χ4n) is 1.90. The number of hydrogen-bond acceptors (Lipinski definition) is 3. The first kappa shape index (κ1) is 14.8. The van der Waals surface area contributed by atoms with E-state index in [0.717, 1.165) is 30.6 Å². The Labute approximate surface area is 127 Å². The molecular weight excluding hydrogens is 299 g/mol. The highest BCUT2D eigenvalue weighted by Crippen LogP contribution is 2.26. The smallest absolute Gasteiger partial charge is 0.0795 e. The molecule has 0 aliphatic carbocycles. The first-order valence-electron chi connectivity index (χ1n) is 6.26. The molecule has 2 nitrogen and oxygen atoms in total. The van der Waals surface area contributed by atoms with Gasteiger partial charge in [-0.05, 0) is 37.1 Å². The van der Waals surface area contributed by atoms with Crippen LogP contribution < -0.4 is 5.32 Å². The van der Waals surface area contributed by atoms with Crippen LogP contribution in [0.15, 0.2) is 29.1 Å². The highest BCUT2D eigenvalue weighted by Gasteiger charge is 2.15. The summed E-state index contributed by atoms with van der Waals surface area (Å²) in [5.74, 6) is 0. The molecule has 5 heteroatoms. The van der Waals surface area contributed by atoms with E-state index in [1.54, 1.807) is 17.4 Å². The summed E-state index contributed by atoms with van der Waals surface area (Å²) >= 11 is 13.8. The van der Waals surface area contributed by atoms with Gasteiger partial charge in [-0.3, -0.25) is 0 Å². The quantitative estimate of drug-likeness (QED) is 0.833. The van der Waals surface area contributed by atoms with E-state index in [1.165, 1.54) is 0 Å². The second-order valence-electron chi connectivity index (χ2n) is 4.36. The van der Waals surface area contributed by atoms with E-state index < -0.39 is 0 Å². The molecule has 1 aromatic heterocycles. The lowest BCUT2D eigenvalue weighted by atomic mass is 10.0. The molecule has 0 amide bonds. The third-order valence-electron chi connectivity index (χ3n) is 2.89. The molecule has 0 aliphatic rings. The van der Waals surface area contributed by atoms with Gasteiger partial charge in [-0.25, -0.2) is 4.98 Å². The van der Waals surface area contributed by atoms with Crippen molar-refractivity contribution in [3.63, 3.8) is 0 Å². The van der Waals surface area contributed by atoms with Crippen LogP contribution in [0, 0.1) is 0 Å². The Morgan fingerprint density at radius 3 is 2.84 bits per heavy atom. The maximum Gasteiger partial charge on any atom is 0.0795 e. The summed E-state index contributed by atoms with van der Waals surface area (Å²) < 4.78 is 0. The lowest BCUT2D eigenvalue weighted by Crippen LogP contribution is -2.24. The molecule has 1 N–H and O–H groups in total. The normalized spacial score (nSPS) is 12.6. The second-order valence-corrected chi connectivity index (χ2v) is 5.92. The fraction of sp³-hybridized carbons (Fsp3) is 0.357. The minimum Gasteiger partial charge on any atom is -0.308 e. The van der Waals surface area contributed by atoms with Crippen molar-refractivity contribution in [1.29, 1.82) is 0 Å². The maximum absolute atomic E-state index is 6.24. The number of rotatable bonds is 6. The first-order chi connectivity index (χ1) is 9.20. The van der Waals surface area contributed by atoms with Crippen LogP contribution in [0.3, 0.4) is 0 Å². The number of aromatic nitrogens is 1. The zero-order valence-corrected chi connectivity index (χ0v) is 13.0. The summed E-state index contributed by atoms with van der Waals surface area (Å²) in [5, 5.41) is 6.98. The van der Waals surface area contributed by atoms with E-state index in [9.17, 15) is 0 Å². The van der Waals surface area contributed by atoms with Gasteiger partial charge in [-0.1, -0.05) is 36.2 Å². The van der Waals surface area contributed by atoms with Gasteiger partial charge in [0.15, 0.2) is 0 Å². The van der Waals surface area contributed by atoms with Crippen LogP contribution in [0.1, 0.15) is 30.6 Å². The van der Waals surface area contributed by atoms with Gasteiger partial charge in [0, 0.05) is 15.4 Å². The third-order valence-corrected chi connectivity index (χ3v) is 4.08. The van der Waals surface area contributed by atoms with Crippen LogP contribution in [0.25, 0.3) is 0 Å². The van der Waals surface area contributed by atoms with E-state index in [4.69, 9.17) is 23.2 Å². The molecule has 0 saturated carbocycles. The second kappa shape index (κ2) is 7.25. The van der Waals surface area contributed by atoms with Crippen molar-refractivity contribution >= 4 is 34.5 Å². The molecule has 0 radical (unpaired) electrons. The van der Waals surface area contributed by atoms with Gasteiger partial charge in [0.05, 0.1) is 17.2 Å². The average molecular weight is 315 g/mol. The van der Waals surface area contributed by atoms with Crippen LogP contribution in [-0.2, 0) is 6.42 Å². The number of benzene rings is 1. The first-order valence-corrected chi connectivity index (χ1v) is 7.96. The molecule has 1 heterocycles. The minimum atomic E-state index is 0.199. The number of thiazole rings is 1. The van der Waals surface area contributed by atoms with Crippen molar-refractivity contribution in [2.75, 3.05) is 6.54 Å². The molecular formula is C14H16Cl2N2S. The van der Waals surface area contributed by atoms with E-state index in [2.05, 4.69) is 22.6 Å². The largest absolute Gasteiger partial charge is 0.308 e. The monoisotopic (exact) mass is 314 g/mol. The maximum atomic E-state index is 6.24. The van der Waals surface area contributed by atoms with Crippen molar-refractivity contribution in [2.45, 2.75) is 25.8 Å². The zero-order valence-electron chi connectivity index (χ0n) is 10.7. The lowest BCUT2D eigenvalue weighted by Gasteiger charge is -2.17. The van der Waals surface area contributed by atoms with Crippen molar-refractivity contribution in [3.05, 3.63) is 50.4 Å². The van der Waals surface area contributed by atoms with Crippen molar-refractivity contribution in [1.82, 2.24) is 10.3 Å². The molecule has 1 atom stereocenters. The van der Waals surface area contributed by atoms with Crippen molar-refractivity contribution < 1.29 is 0 Å². The van der Waals surface area contributed by atoms with E-state index in [0.29, 0.717) is 10.0 Å². The molecule has 102 valence electrons. The Morgan fingerprint density at radius 2 is 2.21 bits per heavy atom. The van der Waals surface area contributed by atoms with E-state index in [-0.39, 0.29) is 6.04 Å². The summed E-state index contributed by atoms with van der Waals surface area (Å²) in [5.41, 5.74) is 4.02. The van der Waals surface area contributed by atoms with Gasteiger partial charge in [0.2, 0.25) is 0 Å². The summed E-state index contributed by atoms with van der Waals surface area (Å²) in [6.45, 7) is 3.12. The third kappa shape index (κ3) is 4.18. The highest BCUT2D eigenvalue weighted by atomic mass is 35.5. The molecule has 0 spiro atoms. The Hall–Kier alpha value is -0.610. The van der Waals surface area contributed by atoms with Crippen molar-refractivity contribution in [3.8, 4) is 0 Å². The SMILES string of the molecule is CCCNC(Cc1ccc(Cl)cc1Cl)c1cscn1. The zero-order chi connectivity index (χ0) is 13.7. The molecule has 1 unspecified atom stereocenters. The summed E-state index contributed by atoms with van der Waals surface area (Å²) in [6, 6.07) is 5.85. The van der Waals surface area contributed by atoms with E-state index in [1.807, 2.05) is 17.6 Å². The topological polar surface area (TPSA) is 24.9 Å². The summed E-state index contributed by atoms with van der Waals surface area (Å²) in [7, 11) is 0. The van der Waals surface area contributed by atoms with Crippen molar-refractivity contribution in [2.24, 2.45) is 0 Å². The molecule has 0 fully saturated rings. The number of hydrogen-bond donors (Lipinski definition) is 1. The molecule has 0 bridgehead atoms. The molecule has 2 rings (SSSR count). The highest BCUT2D eigenvalue weighted by molar-refractivity contribution is 7.07. The Bertz CT molecular complexity index is 514. The number of nitrogens with zero attached hydrogens (tertiary/aromatic N) is 1. The van der Waals surface area contributed by atoms with Gasteiger partial charge in [-0.15, -0.1) is 11.3 Å². The predicted molar refractivity (Wildman–Crippen MR) is 83.3 cm³/mol. The van der Waals surface area contributed by atoms with Crippen LogP contribution in [0.2, 0.25) is 10.0 Å². The summed E-state index contributed by atoms with van der Waals surface area (Å²) in [4.78, 5) is 4.40. The van der Waals surface area contributed by atoms with Crippen LogP contribution in [0.5, 0.6) is 0 Å². The minimum absolute atomic E-state index is 0.199. The average Bonchev–Trinajstić information content (AvgIpc) is 2.90. The Kier molecular flexibility index (Phi) is 5.64. The van der Waals surface area contributed by atoms with Gasteiger partial charge in [0.25, 0.3) is 0 Å². The van der Waals surface area contributed by atoms with Gasteiger partial charge < -0.3 is 5.32 Å². The molecule has 1 aromatic carbocycles. The Morgan fingerprint density at radius 1 is 1.37 bits per heavy atom. The molecule has 0 aliphatic heterocycles. The van der Waals surface area contributed by atoms with Crippen LogP contribution in [0.4, 0.5) is 0 Å². The standard InChI is InChI=1S/C14H16Cl2N2S/c1-2-5-17-13(14-8-19-9-18-14)6-10-3-4-11(15)7-12(10)16/h3-4,7-9,13,17H,2,5-6H2,1H3. The molecule has 2 aromatic rings. The summed E-state index contributed by atoms with van der Waals surface area (Å²) in [6.07, 6.45) is 1.91. The predicted octanol–water partition coefficient (Wildman–Crippen LogP) is 4.73. The molecule has 19 heavy (non-hydrogen) atoms. The van der Waals surface area contributed by atoms with E-state index >= 15 is 0 Å². The fourth-order valence-corrected chi connectivity index (χ4v) is 2.99. The van der Waals surface area contributed by atoms with Crippen LogP contribution in [-0.4, -0.2) is 11.5 Å². The van der Waals surface area contributed by atoms with Gasteiger partial charge in [-0.2, -0.15) is 0 Å². The number of halogens is 2. The van der Waals surface area contributed by atoms with Gasteiger partial charge >= 0.3 is 0 Å². The number of nitrogens with one attached hydrogen (secondary N) is 1. The lowest BCUT2D eigenvalue weighted by molar-refractivity contribution is 0.520. The van der Waals surface area contributed by atoms with Gasteiger partial charge in [0.1, 0.15) is 0 Å². The molecule has 0 saturated heterocycles.